The van der Waals surface area contributed by atoms with Gasteiger partial charge in [-0.05, 0) is 80.4 Å². The number of carbonyl (C=O) groups excluding carboxylic acids is 3. The highest BCUT2D eigenvalue weighted by molar-refractivity contribution is 5.99. The number of amides is 3. The van der Waals surface area contributed by atoms with Gasteiger partial charge in [0.1, 0.15) is 17.5 Å². The fourth-order valence-corrected chi connectivity index (χ4v) is 5.87. The minimum Gasteiger partial charge on any atom is -0.497 e. The summed E-state index contributed by atoms with van der Waals surface area (Å²) in [6.45, 7) is 5.32. The Labute approximate surface area is 253 Å². The molecule has 3 aromatic carbocycles. The summed E-state index contributed by atoms with van der Waals surface area (Å²) in [5, 5.41) is 3.35. The third-order valence-electron chi connectivity index (χ3n) is 8.30. The van der Waals surface area contributed by atoms with Crippen LogP contribution in [0.4, 0.5) is 0 Å². The average molecular weight is 585 g/mol. The first-order valence-electron chi connectivity index (χ1n) is 14.8. The minimum atomic E-state index is -0.673. The molecule has 0 aliphatic carbocycles. The molecule has 2 aliphatic heterocycles. The van der Waals surface area contributed by atoms with Crippen LogP contribution in [0.1, 0.15) is 44.7 Å². The lowest BCUT2D eigenvalue weighted by atomic mass is 10.1. The standard InChI is InChI=1S/C34H40N4O5/c1-24-8-10-26(11-9-24)33(40)38-23-28(21-31(38)34(41)36-18-5-16-35-17-19-36)37(22-25-6-4-7-30(20-25)43-3)32(39)27-12-14-29(42-2)15-13-27/h4,6-15,20,28,31,35H,5,16-19,21-23H2,1-3H3. The van der Waals surface area contributed by atoms with Crippen molar-refractivity contribution in [2.75, 3.05) is 46.9 Å². The van der Waals surface area contributed by atoms with Crippen LogP contribution in [0.25, 0.3) is 0 Å². The van der Waals surface area contributed by atoms with Crippen molar-refractivity contribution in [1.29, 1.82) is 0 Å². The molecular formula is C34H40N4O5. The van der Waals surface area contributed by atoms with Gasteiger partial charge < -0.3 is 29.5 Å². The molecule has 0 bridgehead atoms. The summed E-state index contributed by atoms with van der Waals surface area (Å²) in [6, 6.07) is 21.0. The topological polar surface area (TPSA) is 91.4 Å². The van der Waals surface area contributed by atoms with E-state index in [-0.39, 0.29) is 30.3 Å². The smallest absolute Gasteiger partial charge is 0.254 e. The largest absolute Gasteiger partial charge is 0.497 e. The summed E-state index contributed by atoms with van der Waals surface area (Å²) >= 11 is 0. The van der Waals surface area contributed by atoms with Crippen LogP contribution in [0.15, 0.2) is 72.8 Å². The van der Waals surface area contributed by atoms with Gasteiger partial charge in [0, 0.05) is 43.9 Å². The SMILES string of the molecule is COc1ccc(C(=O)N(Cc2cccc(OC)c2)C2CC(C(=O)N3CCCNCC3)N(C(=O)c3ccc(C)cc3)C2)cc1. The molecule has 3 amide bonds. The number of hydrogen-bond acceptors (Lipinski definition) is 6. The third kappa shape index (κ3) is 7.00. The van der Waals surface area contributed by atoms with Crippen LogP contribution in [-0.4, -0.2) is 91.4 Å². The zero-order chi connectivity index (χ0) is 30.3. The summed E-state index contributed by atoms with van der Waals surface area (Å²) in [7, 11) is 3.20. The van der Waals surface area contributed by atoms with E-state index in [0.717, 1.165) is 24.1 Å². The normalized spacial score (nSPS) is 18.6. The van der Waals surface area contributed by atoms with Crippen molar-refractivity contribution in [3.63, 3.8) is 0 Å². The average Bonchev–Trinajstić information content (AvgIpc) is 3.30. The van der Waals surface area contributed by atoms with Gasteiger partial charge >= 0.3 is 0 Å². The Morgan fingerprint density at radius 3 is 2.33 bits per heavy atom. The quantitative estimate of drug-likeness (QED) is 0.434. The predicted molar refractivity (Wildman–Crippen MR) is 164 cm³/mol. The molecule has 0 radical (unpaired) electrons. The second-order valence-corrected chi connectivity index (χ2v) is 11.2. The Bertz CT molecular complexity index is 1420. The van der Waals surface area contributed by atoms with Crippen LogP contribution < -0.4 is 14.8 Å². The van der Waals surface area contributed by atoms with E-state index < -0.39 is 6.04 Å². The first kappa shape index (κ1) is 30.1. The van der Waals surface area contributed by atoms with Crippen LogP contribution >= 0.6 is 0 Å². The van der Waals surface area contributed by atoms with E-state index in [1.165, 1.54) is 0 Å². The molecule has 9 nitrogen and oxygen atoms in total. The third-order valence-corrected chi connectivity index (χ3v) is 8.30. The molecule has 226 valence electrons. The molecule has 1 N–H and O–H groups in total. The Balaban J connectivity index is 1.49. The molecule has 2 atom stereocenters. The van der Waals surface area contributed by atoms with Gasteiger partial charge in [-0.1, -0.05) is 29.8 Å². The van der Waals surface area contributed by atoms with Crippen LogP contribution in [0.2, 0.25) is 0 Å². The van der Waals surface area contributed by atoms with E-state index in [4.69, 9.17) is 9.47 Å². The second-order valence-electron chi connectivity index (χ2n) is 11.2. The minimum absolute atomic E-state index is 0.0649. The highest BCUT2D eigenvalue weighted by Crippen LogP contribution is 2.29. The first-order valence-corrected chi connectivity index (χ1v) is 14.8. The summed E-state index contributed by atoms with van der Waals surface area (Å²) < 4.78 is 10.7. The van der Waals surface area contributed by atoms with Gasteiger partial charge in [-0.15, -0.1) is 0 Å². The van der Waals surface area contributed by atoms with Gasteiger partial charge in [-0.25, -0.2) is 0 Å². The Morgan fingerprint density at radius 1 is 0.884 bits per heavy atom. The maximum absolute atomic E-state index is 14.1. The lowest BCUT2D eigenvalue weighted by Gasteiger charge is -2.30. The summed E-state index contributed by atoms with van der Waals surface area (Å²) in [5.41, 5.74) is 2.98. The molecular weight excluding hydrogens is 544 g/mol. The van der Waals surface area contributed by atoms with Crippen LogP contribution in [0.5, 0.6) is 11.5 Å². The molecule has 2 aliphatic rings. The van der Waals surface area contributed by atoms with Crippen molar-refractivity contribution in [3.05, 3.63) is 95.1 Å². The van der Waals surface area contributed by atoms with Gasteiger partial charge in [-0.2, -0.15) is 0 Å². The molecule has 5 rings (SSSR count). The van der Waals surface area contributed by atoms with Crippen LogP contribution in [0.3, 0.4) is 0 Å². The number of rotatable bonds is 8. The lowest BCUT2D eigenvalue weighted by Crippen LogP contribution is -2.48. The zero-order valence-electron chi connectivity index (χ0n) is 25.1. The van der Waals surface area contributed by atoms with Gasteiger partial charge in [0.25, 0.3) is 11.8 Å². The molecule has 3 aromatic rings. The lowest BCUT2D eigenvalue weighted by molar-refractivity contribution is -0.135. The van der Waals surface area contributed by atoms with Crippen molar-refractivity contribution in [2.24, 2.45) is 0 Å². The van der Waals surface area contributed by atoms with Crippen molar-refractivity contribution < 1.29 is 23.9 Å². The molecule has 0 spiro atoms. The Hall–Kier alpha value is -4.37. The van der Waals surface area contributed by atoms with Crippen molar-refractivity contribution in [1.82, 2.24) is 20.0 Å². The monoisotopic (exact) mass is 584 g/mol. The maximum atomic E-state index is 14.1. The molecule has 9 heteroatoms. The number of aryl methyl sites for hydroxylation is 1. The van der Waals surface area contributed by atoms with Crippen molar-refractivity contribution >= 4 is 17.7 Å². The number of benzene rings is 3. The molecule has 2 fully saturated rings. The number of ether oxygens (including phenoxy) is 2. The van der Waals surface area contributed by atoms with E-state index >= 15 is 0 Å². The van der Waals surface area contributed by atoms with E-state index in [0.29, 0.717) is 55.2 Å². The molecule has 43 heavy (non-hydrogen) atoms. The summed E-state index contributed by atoms with van der Waals surface area (Å²) in [4.78, 5) is 47.5. The number of nitrogens with zero attached hydrogens (tertiary/aromatic N) is 3. The molecule has 0 aromatic heterocycles. The number of nitrogens with one attached hydrogen (secondary N) is 1. The summed E-state index contributed by atoms with van der Waals surface area (Å²) in [5.74, 6) is 0.909. The van der Waals surface area contributed by atoms with Gasteiger partial charge in [0.2, 0.25) is 5.91 Å². The second kappa shape index (κ2) is 13.7. The Morgan fingerprint density at radius 2 is 1.60 bits per heavy atom. The summed E-state index contributed by atoms with van der Waals surface area (Å²) in [6.07, 6.45) is 1.21. The van der Waals surface area contributed by atoms with Crippen molar-refractivity contribution in [3.8, 4) is 11.5 Å². The molecule has 2 heterocycles. The maximum Gasteiger partial charge on any atom is 0.254 e. The predicted octanol–water partition coefficient (Wildman–Crippen LogP) is 3.76. The van der Waals surface area contributed by atoms with E-state index in [2.05, 4.69) is 5.32 Å². The van der Waals surface area contributed by atoms with Crippen molar-refractivity contribution in [2.45, 2.75) is 38.4 Å². The van der Waals surface area contributed by atoms with E-state index in [9.17, 15) is 14.4 Å². The van der Waals surface area contributed by atoms with Gasteiger partial charge in [0.15, 0.2) is 0 Å². The fourth-order valence-electron chi connectivity index (χ4n) is 5.87. The molecule has 0 saturated carbocycles. The van der Waals surface area contributed by atoms with Crippen LogP contribution in [-0.2, 0) is 11.3 Å². The fraction of sp³-hybridized carbons (Fsp3) is 0.382. The number of carbonyl (C=O) groups is 3. The molecule has 2 saturated heterocycles. The number of hydrogen-bond donors (Lipinski definition) is 1. The zero-order valence-corrected chi connectivity index (χ0v) is 25.1. The van der Waals surface area contributed by atoms with E-state index in [1.54, 1.807) is 60.4 Å². The number of likely N-dealkylation sites (tertiary alicyclic amines) is 1. The highest BCUT2D eigenvalue weighted by Gasteiger charge is 2.44. The van der Waals surface area contributed by atoms with Gasteiger partial charge in [-0.3, -0.25) is 14.4 Å². The molecule has 2 unspecified atom stereocenters. The Kier molecular flexibility index (Phi) is 9.61. The van der Waals surface area contributed by atoms with E-state index in [1.807, 2.05) is 48.2 Å². The first-order chi connectivity index (χ1) is 20.9. The van der Waals surface area contributed by atoms with Gasteiger partial charge in [0.05, 0.1) is 20.3 Å². The number of methoxy groups -OCH3 is 2. The van der Waals surface area contributed by atoms with Crippen LogP contribution in [0, 0.1) is 6.92 Å². The highest BCUT2D eigenvalue weighted by atomic mass is 16.5.